The molecule has 0 amide bonds. The number of hydrogen-bond donors (Lipinski definition) is 0. The number of Topliss-reactive ketones (excluding diaryl/α,β-unsaturated/α-hetero) is 1. The van der Waals surface area contributed by atoms with Crippen molar-refractivity contribution in [3.05, 3.63) is 12.2 Å². The number of hydrogen-bond acceptors (Lipinski definition) is 6. The topological polar surface area (TPSA) is 78.9 Å². The second kappa shape index (κ2) is 10.5. The smallest absolute Gasteiger partial charge is 0.469 e. The Kier molecular flexibility index (Phi) is 7.92. The minimum absolute atomic E-state index is 0.0105. The summed E-state index contributed by atoms with van der Waals surface area (Å²) in [5, 5.41) is 0. The largest absolute Gasteiger partial charge is 0.508 e. The van der Waals surface area contributed by atoms with E-state index in [1.807, 2.05) is 0 Å². The van der Waals surface area contributed by atoms with E-state index in [0.29, 0.717) is 36.6 Å². The fourth-order valence-corrected chi connectivity index (χ4v) is 8.99. The summed E-state index contributed by atoms with van der Waals surface area (Å²) in [5.74, 6) is 2.05. The second-order valence-corrected chi connectivity index (χ2v) is 12.4. The van der Waals surface area contributed by atoms with Gasteiger partial charge in [-0.2, -0.15) is 0 Å². The van der Waals surface area contributed by atoms with E-state index in [0.717, 1.165) is 44.9 Å². The van der Waals surface area contributed by atoms with Crippen molar-refractivity contribution in [3.8, 4) is 0 Å². The van der Waals surface area contributed by atoms with Crippen molar-refractivity contribution in [1.82, 2.24) is 0 Å². The van der Waals surface area contributed by atoms with Crippen molar-refractivity contribution >= 4 is 17.9 Å². The van der Waals surface area contributed by atoms with Crippen molar-refractivity contribution in [2.24, 2.45) is 52.3 Å². The normalized spacial score (nSPS) is 42.1. The number of ketones is 1. The van der Waals surface area contributed by atoms with Gasteiger partial charge in [-0.25, -0.2) is 4.79 Å². The fraction of sp³-hybridized carbons (Fsp3) is 0.833. The molecule has 0 radical (unpaired) electrons. The summed E-state index contributed by atoms with van der Waals surface area (Å²) < 4.78 is 15.5. The highest BCUT2D eigenvalue weighted by molar-refractivity contribution is 5.86. The lowest BCUT2D eigenvalue weighted by molar-refractivity contribution is -0.159. The Morgan fingerprint density at radius 1 is 1.14 bits per heavy atom. The second-order valence-electron chi connectivity index (χ2n) is 12.4. The molecule has 3 fully saturated rings. The molecular weight excluding hydrogens is 456 g/mol. The third-order valence-corrected chi connectivity index (χ3v) is 10.9. The Labute approximate surface area is 216 Å². The van der Waals surface area contributed by atoms with E-state index in [4.69, 9.17) is 14.2 Å². The molecule has 0 aliphatic heterocycles. The molecule has 202 valence electrons. The molecule has 10 atom stereocenters. The molecule has 0 saturated heterocycles. The monoisotopic (exact) mass is 502 g/mol. The lowest BCUT2D eigenvalue weighted by atomic mass is 9.43. The molecule has 4 aliphatic rings. The summed E-state index contributed by atoms with van der Waals surface area (Å²) in [6.07, 6.45) is 10.9. The van der Waals surface area contributed by atoms with Crippen LogP contribution in [0.1, 0.15) is 86.0 Å². The van der Waals surface area contributed by atoms with Gasteiger partial charge < -0.3 is 14.2 Å². The van der Waals surface area contributed by atoms with Crippen LogP contribution in [0.4, 0.5) is 4.79 Å². The van der Waals surface area contributed by atoms with E-state index in [2.05, 4.69) is 39.8 Å². The lowest BCUT2D eigenvalue weighted by Gasteiger charge is -2.60. The molecule has 0 heterocycles. The molecule has 4 aliphatic carbocycles. The first-order valence-electron chi connectivity index (χ1n) is 14.2. The van der Waals surface area contributed by atoms with Gasteiger partial charge in [-0.05, 0) is 92.3 Å². The summed E-state index contributed by atoms with van der Waals surface area (Å²) in [7, 11) is 1.45. The molecule has 4 rings (SSSR count). The van der Waals surface area contributed by atoms with E-state index in [9.17, 15) is 14.4 Å². The molecule has 3 unspecified atom stereocenters. The summed E-state index contributed by atoms with van der Waals surface area (Å²) in [6, 6.07) is 0. The summed E-state index contributed by atoms with van der Waals surface area (Å²) in [6.45, 7) is 11.2. The van der Waals surface area contributed by atoms with Crippen LogP contribution in [0, 0.1) is 52.3 Å². The van der Waals surface area contributed by atoms with Gasteiger partial charge in [-0.15, -0.1) is 0 Å². The summed E-state index contributed by atoms with van der Waals surface area (Å²) >= 11 is 0. The average molecular weight is 503 g/mol. The number of methoxy groups -OCH3 is 1. The Bertz CT molecular complexity index is 881. The van der Waals surface area contributed by atoms with Crippen LogP contribution in [-0.4, -0.2) is 37.7 Å². The number of carbonyl (C=O) groups excluding carboxylic acids is 3. The number of fused-ring (bicyclic) bond motifs is 5. The Hall–Kier alpha value is -1.85. The molecule has 3 saturated carbocycles. The zero-order valence-electron chi connectivity index (χ0n) is 23.1. The van der Waals surface area contributed by atoms with E-state index in [1.54, 1.807) is 6.92 Å². The number of esters is 1. The van der Waals surface area contributed by atoms with Crippen LogP contribution in [-0.2, 0) is 23.8 Å². The van der Waals surface area contributed by atoms with Crippen molar-refractivity contribution < 1.29 is 28.6 Å². The first-order valence-corrected chi connectivity index (χ1v) is 14.2. The Morgan fingerprint density at radius 2 is 1.89 bits per heavy atom. The minimum Gasteiger partial charge on any atom is -0.469 e. The number of rotatable bonds is 7. The van der Waals surface area contributed by atoms with Gasteiger partial charge >= 0.3 is 12.1 Å². The van der Waals surface area contributed by atoms with Crippen LogP contribution < -0.4 is 0 Å². The van der Waals surface area contributed by atoms with Gasteiger partial charge in [0, 0.05) is 18.3 Å². The van der Waals surface area contributed by atoms with Gasteiger partial charge in [0.2, 0.25) is 0 Å². The first-order chi connectivity index (χ1) is 17.1. The first kappa shape index (κ1) is 27.2. The van der Waals surface area contributed by atoms with E-state index in [-0.39, 0.29) is 46.6 Å². The standard InChI is InChI=1S/C30H46O6/c1-7-20-24-17-19(36-28(33)35-8-2)13-15-30(24,5)23-14-16-29(4)21(18(3)9-12-25(31)34-6)10-11-22(29)26(23)27(20)32/h14,16,18-24,26H,7-13,15,17H2,1-6H3/t18-,19-,20-,21-,22?,23?,24+,26?,29-,30-/m1/s1. The van der Waals surface area contributed by atoms with Crippen molar-refractivity contribution in [2.75, 3.05) is 13.7 Å². The molecule has 0 aromatic rings. The number of ether oxygens (including phenoxy) is 3. The predicted molar refractivity (Wildman–Crippen MR) is 137 cm³/mol. The lowest BCUT2D eigenvalue weighted by Crippen LogP contribution is -2.59. The SMILES string of the molecule is CCOC(=O)O[C@@H]1CC[C@]2(C)C3C=C[C@@]4(C)C(CC[C@@H]4[C@H](C)CCC(=O)OC)C3C(=O)[C@H](CC)[C@@H]2C1. The van der Waals surface area contributed by atoms with Gasteiger partial charge in [0.25, 0.3) is 0 Å². The third kappa shape index (κ3) is 4.51. The van der Waals surface area contributed by atoms with Gasteiger partial charge in [-0.3, -0.25) is 9.59 Å². The van der Waals surface area contributed by atoms with Crippen molar-refractivity contribution in [2.45, 2.75) is 92.1 Å². The number of carbonyl (C=O) groups is 3. The van der Waals surface area contributed by atoms with Crippen molar-refractivity contribution in [3.63, 3.8) is 0 Å². The number of allylic oxidation sites excluding steroid dienone is 2. The Balaban J connectivity index is 1.58. The van der Waals surface area contributed by atoms with E-state index in [1.165, 1.54) is 7.11 Å². The predicted octanol–water partition coefficient (Wildman–Crippen LogP) is 6.37. The summed E-state index contributed by atoms with van der Waals surface area (Å²) in [5.41, 5.74) is 0.0122. The van der Waals surface area contributed by atoms with Crippen LogP contribution in [0.2, 0.25) is 0 Å². The maximum atomic E-state index is 14.2. The average Bonchev–Trinajstić information content (AvgIpc) is 3.20. The van der Waals surface area contributed by atoms with Gasteiger partial charge in [-0.1, -0.05) is 39.8 Å². The molecule has 0 bridgehead atoms. The van der Waals surface area contributed by atoms with Crippen LogP contribution >= 0.6 is 0 Å². The molecule has 36 heavy (non-hydrogen) atoms. The quantitative estimate of drug-likeness (QED) is 0.297. The molecule has 6 nitrogen and oxygen atoms in total. The van der Waals surface area contributed by atoms with Crippen LogP contribution in [0.3, 0.4) is 0 Å². The fourth-order valence-electron chi connectivity index (χ4n) is 8.99. The maximum absolute atomic E-state index is 14.2. The van der Waals surface area contributed by atoms with E-state index < -0.39 is 6.16 Å². The van der Waals surface area contributed by atoms with Gasteiger partial charge in [0.05, 0.1) is 13.7 Å². The van der Waals surface area contributed by atoms with Crippen molar-refractivity contribution in [1.29, 1.82) is 0 Å². The van der Waals surface area contributed by atoms with Crippen LogP contribution in [0.15, 0.2) is 12.2 Å². The summed E-state index contributed by atoms with van der Waals surface area (Å²) in [4.78, 5) is 38.0. The highest BCUT2D eigenvalue weighted by Crippen LogP contribution is 2.66. The van der Waals surface area contributed by atoms with E-state index >= 15 is 0 Å². The molecular formula is C30H46O6. The highest BCUT2D eigenvalue weighted by Gasteiger charge is 2.63. The third-order valence-electron chi connectivity index (χ3n) is 10.9. The molecule has 0 spiro atoms. The highest BCUT2D eigenvalue weighted by atomic mass is 16.7. The molecule has 0 N–H and O–H groups in total. The maximum Gasteiger partial charge on any atom is 0.508 e. The van der Waals surface area contributed by atoms with Gasteiger partial charge in [0.1, 0.15) is 11.9 Å². The van der Waals surface area contributed by atoms with Gasteiger partial charge in [0.15, 0.2) is 0 Å². The molecule has 0 aromatic carbocycles. The zero-order chi connectivity index (χ0) is 26.3. The molecule has 0 aromatic heterocycles. The Morgan fingerprint density at radius 3 is 2.56 bits per heavy atom. The zero-order valence-corrected chi connectivity index (χ0v) is 23.1. The minimum atomic E-state index is -0.592. The molecule has 6 heteroatoms. The van der Waals surface area contributed by atoms with Crippen LogP contribution in [0.25, 0.3) is 0 Å². The van der Waals surface area contributed by atoms with Crippen LogP contribution in [0.5, 0.6) is 0 Å².